The fourth-order valence-electron chi connectivity index (χ4n) is 4.57. The fraction of sp³-hybridized carbons (Fsp3) is 0.667. The molecule has 0 saturated carbocycles. The van der Waals surface area contributed by atoms with Crippen molar-refractivity contribution in [2.75, 3.05) is 13.1 Å². The minimum absolute atomic E-state index is 0.127. The smallest absolute Gasteiger partial charge is 0.239 e. The number of amides is 1. The Labute approximate surface area is 157 Å². The van der Waals surface area contributed by atoms with Gasteiger partial charge in [0.25, 0.3) is 0 Å². The monoisotopic (exact) mass is 358 g/mol. The number of hydrazine groups is 1. The molecule has 2 aliphatic heterocycles. The van der Waals surface area contributed by atoms with E-state index in [1.54, 1.807) is 0 Å². The first-order valence-electron chi connectivity index (χ1n) is 10.2. The number of nitrogens with one attached hydrogen (secondary N) is 2. The Hall–Kier alpha value is -1.43. The molecule has 3 atom stereocenters. The third-order valence-corrected chi connectivity index (χ3v) is 6.24. The molecule has 2 heterocycles. The minimum Gasteiger partial charge on any atom is -0.341 e. The van der Waals surface area contributed by atoms with E-state index in [9.17, 15) is 4.79 Å². The topological polar surface area (TPSA) is 70.4 Å². The molecule has 0 spiro atoms. The molecule has 0 bridgehead atoms. The molecular weight excluding hydrogens is 324 g/mol. The maximum atomic E-state index is 12.8. The van der Waals surface area contributed by atoms with Crippen LogP contribution in [-0.4, -0.2) is 42.0 Å². The molecule has 1 aromatic carbocycles. The lowest BCUT2D eigenvalue weighted by Gasteiger charge is -2.35. The zero-order valence-corrected chi connectivity index (χ0v) is 16.2. The van der Waals surface area contributed by atoms with E-state index in [2.05, 4.69) is 55.0 Å². The summed E-state index contributed by atoms with van der Waals surface area (Å²) in [6.45, 7) is 5.90. The van der Waals surface area contributed by atoms with E-state index in [-0.39, 0.29) is 23.9 Å². The van der Waals surface area contributed by atoms with Gasteiger partial charge in [0.15, 0.2) is 0 Å². The first-order chi connectivity index (χ1) is 12.6. The lowest BCUT2D eigenvalue weighted by atomic mass is 9.86. The van der Waals surface area contributed by atoms with Crippen LogP contribution < -0.4 is 16.6 Å². The number of carbonyl (C=O) groups is 1. The Balaban J connectivity index is 1.41. The van der Waals surface area contributed by atoms with Crippen molar-refractivity contribution in [1.29, 1.82) is 0 Å². The molecule has 2 aliphatic rings. The van der Waals surface area contributed by atoms with E-state index in [1.165, 1.54) is 18.4 Å². The maximum Gasteiger partial charge on any atom is 0.239 e. The molecule has 0 aromatic heterocycles. The normalized spacial score (nSPS) is 28.3. The largest absolute Gasteiger partial charge is 0.341 e. The Morgan fingerprint density at radius 1 is 1.15 bits per heavy atom. The van der Waals surface area contributed by atoms with Gasteiger partial charge in [-0.2, -0.15) is 0 Å². The van der Waals surface area contributed by atoms with Crippen LogP contribution in [0.1, 0.15) is 45.1 Å². The van der Waals surface area contributed by atoms with Crippen LogP contribution in [-0.2, 0) is 11.2 Å². The molecule has 5 nitrogen and oxygen atoms in total. The number of nitrogens with zero attached hydrogens (tertiary/aromatic N) is 1. The zero-order valence-electron chi connectivity index (χ0n) is 16.2. The highest BCUT2D eigenvalue weighted by Crippen LogP contribution is 2.25. The van der Waals surface area contributed by atoms with E-state index in [0.717, 1.165) is 38.3 Å². The maximum absolute atomic E-state index is 12.8. The molecule has 26 heavy (non-hydrogen) atoms. The summed E-state index contributed by atoms with van der Waals surface area (Å²) in [5.74, 6) is 1.01. The summed E-state index contributed by atoms with van der Waals surface area (Å²) in [7, 11) is 0. The second-order valence-electron chi connectivity index (χ2n) is 8.12. The van der Waals surface area contributed by atoms with Crippen molar-refractivity contribution in [3.63, 3.8) is 0 Å². The van der Waals surface area contributed by atoms with Crippen molar-refractivity contribution < 1.29 is 4.79 Å². The summed E-state index contributed by atoms with van der Waals surface area (Å²) < 4.78 is 0. The van der Waals surface area contributed by atoms with Gasteiger partial charge in [-0.1, -0.05) is 30.3 Å². The average molecular weight is 359 g/mol. The van der Waals surface area contributed by atoms with E-state index in [1.807, 2.05) is 4.90 Å². The Bertz CT molecular complexity index is 561. The van der Waals surface area contributed by atoms with Gasteiger partial charge in [0.05, 0.1) is 6.04 Å². The number of rotatable bonds is 6. The van der Waals surface area contributed by atoms with Crippen LogP contribution in [0.5, 0.6) is 0 Å². The molecule has 2 saturated heterocycles. The summed E-state index contributed by atoms with van der Waals surface area (Å²) in [5, 5.41) is 0. The standard InChI is InChI=1S/C21H34N4O/c1-15-19(16(2)24-23-15)20(22)21(26)25-13-11-18(12-14-25)10-6-9-17-7-4-3-5-8-17/h3-5,7-8,15-16,18-20,23-24H,6,9-14,22H2,1-2H3. The quantitative estimate of drug-likeness (QED) is 0.728. The molecule has 1 aromatic rings. The molecule has 144 valence electrons. The van der Waals surface area contributed by atoms with Crippen molar-refractivity contribution >= 4 is 5.91 Å². The highest BCUT2D eigenvalue weighted by molar-refractivity contribution is 5.82. The number of likely N-dealkylation sites (tertiary alicyclic amines) is 1. The third kappa shape index (κ3) is 4.64. The van der Waals surface area contributed by atoms with Gasteiger partial charge in [0, 0.05) is 31.1 Å². The number of carbonyl (C=O) groups excluding carboxylic acids is 1. The molecule has 1 amide bonds. The second-order valence-corrected chi connectivity index (χ2v) is 8.12. The van der Waals surface area contributed by atoms with Crippen LogP contribution in [0.2, 0.25) is 0 Å². The summed E-state index contributed by atoms with van der Waals surface area (Å²) in [4.78, 5) is 14.8. The van der Waals surface area contributed by atoms with E-state index in [4.69, 9.17) is 5.73 Å². The number of nitrogens with two attached hydrogens (primary N) is 1. The van der Waals surface area contributed by atoms with Gasteiger partial charge in [-0.15, -0.1) is 0 Å². The van der Waals surface area contributed by atoms with Gasteiger partial charge in [-0.3, -0.25) is 15.6 Å². The summed E-state index contributed by atoms with van der Waals surface area (Å²) in [6, 6.07) is 10.7. The van der Waals surface area contributed by atoms with Gasteiger partial charge in [0.1, 0.15) is 0 Å². The van der Waals surface area contributed by atoms with Crippen LogP contribution >= 0.6 is 0 Å². The van der Waals surface area contributed by atoms with Gasteiger partial charge in [0.2, 0.25) is 5.91 Å². The molecule has 5 heteroatoms. The molecule has 3 unspecified atom stereocenters. The van der Waals surface area contributed by atoms with Crippen molar-refractivity contribution in [1.82, 2.24) is 15.8 Å². The number of benzene rings is 1. The highest BCUT2D eigenvalue weighted by atomic mass is 16.2. The molecule has 2 fully saturated rings. The zero-order chi connectivity index (χ0) is 18.5. The number of piperidine rings is 1. The Kier molecular flexibility index (Phi) is 6.68. The Morgan fingerprint density at radius 3 is 2.38 bits per heavy atom. The van der Waals surface area contributed by atoms with Crippen LogP contribution in [0.25, 0.3) is 0 Å². The first-order valence-corrected chi connectivity index (χ1v) is 10.2. The van der Waals surface area contributed by atoms with Gasteiger partial charge in [-0.25, -0.2) is 0 Å². The predicted molar refractivity (Wildman–Crippen MR) is 105 cm³/mol. The van der Waals surface area contributed by atoms with Gasteiger partial charge >= 0.3 is 0 Å². The van der Waals surface area contributed by atoms with Crippen LogP contribution in [0.15, 0.2) is 30.3 Å². The molecular formula is C21H34N4O. The molecule has 0 radical (unpaired) electrons. The number of aryl methyl sites for hydroxylation is 1. The number of hydrogen-bond donors (Lipinski definition) is 3. The predicted octanol–water partition coefficient (Wildman–Crippen LogP) is 2.08. The summed E-state index contributed by atoms with van der Waals surface area (Å²) in [6.07, 6.45) is 5.87. The molecule has 3 rings (SSSR count). The van der Waals surface area contributed by atoms with Crippen molar-refractivity contribution in [3.8, 4) is 0 Å². The van der Waals surface area contributed by atoms with Crippen molar-refractivity contribution in [3.05, 3.63) is 35.9 Å². The van der Waals surface area contributed by atoms with Gasteiger partial charge < -0.3 is 10.6 Å². The third-order valence-electron chi connectivity index (χ3n) is 6.24. The Morgan fingerprint density at radius 2 is 1.77 bits per heavy atom. The summed E-state index contributed by atoms with van der Waals surface area (Å²) in [5.41, 5.74) is 14.2. The molecule has 0 aliphatic carbocycles. The number of hydrogen-bond acceptors (Lipinski definition) is 4. The van der Waals surface area contributed by atoms with Crippen LogP contribution in [0, 0.1) is 11.8 Å². The second kappa shape index (κ2) is 8.98. The SMILES string of the molecule is CC1NNC(C)C1C(N)C(=O)N1CCC(CCCc2ccccc2)CC1. The van der Waals surface area contributed by atoms with Crippen molar-refractivity contribution in [2.24, 2.45) is 17.6 Å². The van der Waals surface area contributed by atoms with Crippen LogP contribution in [0.4, 0.5) is 0 Å². The van der Waals surface area contributed by atoms with Crippen LogP contribution in [0.3, 0.4) is 0 Å². The van der Waals surface area contributed by atoms with E-state index < -0.39 is 6.04 Å². The lowest BCUT2D eigenvalue weighted by Crippen LogP contribution is -2.53. The summed E-state index contributed by atoms with van der Waals surface area (Å²) >= 11 is 0. The van der Waals surface area contributed by atoms with E-state index >= 15 is 0 Å². The minimum atomic E-state index is -0.419. The van der Waals surface area contributed by atoms with E-state index in [0.29, 0.717) is 0 Å². The molecule has 4 N–H and O–H groups in total. The first kappa shape index (κ1) is 19.3. The highest BCUT2D eigenvalue weighted by Gasteiger charge is 2.39. The van der Waals surface area contributed by atoms with Crippen molar-refractivity contribution in [2.45, 2.75) is 64.1 Å². The van der Waals surface area contributed by atoms with Gasteiger partial charge in [-0.05, 0) is 57.4 Å². The lowest BCUT2D eigenvalue weighted by molar-refractivity contribution is -0.135. The fourth-order valence-corrected chi connectivity index (χ4v) is 4.57. The average Bonchev–Trinajstić information content (AvgIpc) is 3.00.